The number of benzene rings is 2. The highest BCUT2D eigenvalue weighted by Gasteiger charge is 2.39. The molecular weight excluding hydrogens is 326 g/mol. The van der Waals surface area contributed by atoms with E-state index in [1.165, 1.54) is 4.90 Å². The van der Waals surface area contributed by atoms with Crippen LogP contribution >= 0.6 is 0 Å². The second kappa shape index (κ2) is 5.41. The normalized spacial score (nSPS) is 16.6. The molecule has 0 saturated heterocycles. The molecule has 0 saturated carbocycles. The average molecular weight is 343 g/mol. The van der Waals surface area contributed by atoms with Crippen molar-refractivity contribution in [2.24, 2.45) is 7.05 Å². The summed E-state index contributed by atoms with van der Waals surface area (Å²) in [4.78, 5) is 18.8. The molecule has 5 rings (SSSR count). The van der Waals surface area contributed by atoms with Gasteiger partial charge in [-0.3, -0.25) is 4.79 Å². The van der Waals surface area contributed by atoms with Gasteiger partial charge in [0.25, 0.3) is 5.91 Å². The van der Waals surface area contributed by atoms with Crippen LogP contribution in [0.4, 0.5) is 0 Å². The highest BCUT2D eigenvalue weighted by atomic mass is 16.3. The molecule has 0 aliphatic carbocycles. The smallest absolute Gasteiger partial charge is 0.275 e. The van der Waals surface area contributed by atoms with Crippen molar-refractivity contribution in [3.05, 3.63) is 77.6 Å². The van der Waals surface area contributed by atoms with Crippen LogP contribution in [0.5, 0.6) is 0 Å². The molecule has 3 heterocycles. The zero-order valence-corrected chi connectivity index (χ0v) is 14.3. The first kappa shape index (κ1) is 15.1. The minimum Gasteiger partial charge on any atom is -0.369 e. The van der Waals surface area contributed by atoms with Crippen LogP contribution in [-0.2, 0) is 13.6 Å². The molecule has 0 bridgehead atoms. The quantitative estimate of drug-likeness (QED) is 0.607. The van der Waals surface area contributed by atoms with E-state index in [4.69, 9.17) is 0 Å². The number of amides is 1. The van der Waals surface area contributed by atoms with Crippen LogP contribution in [0.15, 0.2) is 60.8 Å². The van der Waals surface area contributed by atoms with E-state index in [9.17, 15) is 9.90 Å². The maximum Gasteiger partial charge on any atom is 0.275 e. The molecule has 2 aromatic heterocycles. The number of aliphatic hydroxyl groups excluding tert-OH is 1. The number of carbonyl (C=O) groups is 1. The maximum absolute atomic E-state index is 12.9. The number of fused-ring (bicyclic) bond motifs is 5. The standard InChI is InChI=1S/C21H17N3O2/c1-23-15-10-6-5-9-14(15)17-16(23)11-22-19-18(17)20(25)24(21(19)26)12-13-7-3-2-4-8-13/h2-11,20,25H,12H2,1H3. The molecule has 1 aliphatic heterocycles. The van der Waals surface area contributed by atoms with Crippen molar-refractivity contribution in [2.75, 3.05) is 0 Å². The van der Waals surface area contributed by atoms with E-state index >= 15 is 0 Å². The number of aromatic nitrogens is 2. The Bertz CT molecular complexity index is 1160. The van der Waals surface area contributed by atoms with Crippen LogP contribution < -0.4 is 0 Å². The Balaban J connectivity index is 1.72. The number of rotatable bonds is 2. The number of para-hydroxylation sites is 1. The second-order valence-electron chi connectivity index (χ2n) is 6.65. The van der Waals surface area contributed by atoms with E-state index in [1.54, 1.807) is 6.20 Å². The van der Waals surface area contributed by atoms with Crippen molar-refractivity contribution in [3.8, 4) is 0 Å². The van der Waals surface area contributed by atoms with Gasteiger partial charge in [0.1, 0.15) is 5.69 Å². The summed E-state index contributed by atoms with van der Waals surface area (Å²) >= 11 is 0. The van der Waals surface area contributed by atoms with Gasteiger partial charge in [0.05, 0.1) is 11.7 Å². The predicted octanol–water partition coefficient (Wildman–Crippen LogP) is 3.37. The molecule has 1 N–H and O–H groups in total. The molecular formula is C21H17N3O2. The molecule has 5 heteroatoms. The minimum absolute atomic E-state index is 0.230. The summed E-state index contributed by atoms with van der Waals surface area (Å²) in [6.07, 6.45) is 0.727. The topological polar surface area (TPSA) is 58.4 Å². The SMILES string of the molecule is Cn1c2ccccc2c2c3c(ncc21)C(=O)N(Cc1ccccc1)C3O. The van der Waals surface area contributed by atoms with Gasteiger partial charge in [-0.1, -0.05) is 48.5 Å². The molecule has 4 aromatic rings. The molecule has 1 amide bonds. The number of carbonyl (C=O) groups excluding carboxylic acids is 1. The molecule has 1 unspecified atom stereocenters. The third-order valence-electron chi connectivity index (χ3n) is 5.21. The lowest BCUT2D eigenvalue weighted by molar-refractivity contribution is 0.0143. The average Bonchev–Trinajstić information content (AvgIpc) is 3.10. The van der Waals surface area contributed by atoms with Gasteiger partial charge in [0.2, 0.25) is 0 Å². The van der Waals surface area contributed by atoms with Crippen molar-refractivity contribution in [2.45, 2.75) is 12.8 Å². The van der Waals surface area contributed by atoms with Crippen LogP contribution in [0.3, 0.4) is 0 Å². The highest BCUT2D eigenvalue weighted by Crippen LogP contribution is 2.40. The molecule has 0 radical (unpaired) electrons. The van der Waals surface area contributed by atoms with E-state index in [0.29, 0.717) is 17.8 Å². The predicted molar refractivity (Wildman–Crippen MR) is 99.5 cm³/mol. The van der Waals surface area contributed by atoms with Crippen molar-refractivity contribution in [3.63, 3.8) is 0 Å². The summed E-state index contributed by atoms with van der Waals surface area (Å²) in [5.74, 6) is -0.230. The molecule has 2 aromatic carbocycles. The minimum atomic E-state index is -1.00. The Morgan fingerprint density at radius 1 is 1.04 bits per heavy atom. The Morgan fingerprint density at radius 3 is 2.58 bits per heavy atom. The maximum atomic E-state index is 12.9. The third-order valence-corrected chi connectivity index (χ3v) is 5.21. The van der Waals surface area contributed by atoms with E-state index in [0.717, 1.165) is 27.4 Å². The molecule has 1 aliphatic rings. The summed E-state index contributed by atoms with van der Waals surface area (Å²) in [6, 6.07) is 17.7. The number of hydrogen-bond donors (Lipinski definition) is 1. The first-order valence-corrected chi connectivity index (χ1v) is 8.56. The number of nitrogens with zero attached hydrogens (tertiary/aromatic N) is 3. The molecule has 26 heavy (non-hydrogen) atoms. The van der Waals surface area contributed by atoms with Gasteiger partial charge >= 0.3 is 0 Å². The summed E-state index contributed by atoms with van der Waals surface area (Å²) in [5.41, 5.74) is 3.90. The first-order chi connectivity index (χ1) is 12.7. The van der Waals surface area contributed by atoms with Gasteiger partial charge in [-0.05, 0) is 11.6 Å². The Kier molecular flexibility index (Phi) is 3.14. The van der Waals surface area contributed by atoms with Gasteiger partial charge in [0.15, 0.2) is 6.23 Å². The zero-order chi connectivity index (χ0) is 17.8. The van der Waals surface area contributed by atoms with Gasteiger partial charge in [-0.2, -0.15) is 0 Å². The lowest BCUT2D eigenvalue weighted by atomic mass is 10.1. The molecule has 128 valence electrons. The molecule has 0 spiro atoms. The Morgan fingerprint density at radius 2 is 1.77 bits per heavy atom. The lowest BCUT2D eigenvalue weighted by Crippen LogP contribution is -2.27. The van der Waals surface area contributed by atoms with E-state index in [-0.39, 0.29) is 5.91 Å². The van der Waals surface area contributed by atoms with E-state index in [1.807, 2.05) is 61.6 Å². The fourth-order valence-corrected chi connectivity index (χ4v) is 3.92. The Labute approximate surface area is 150 Å². The number of aryl methyl sites for hydroxylation is 1. The first-order valence-electron chi connectivity index (χ1n) is 8.56. The fourth-order valence-electron chi connectivity index (χ4n) is 3.92. The van der Waals surface area contributed by atoms with Crippen molar-refractivity contribution in [1.29, 1.82) is 0 Å². The zero-order valence-electron chi connectivity index (χ0n) is 14.3. The van der Waals surface area contributed by atoms with Crippen LogP contribution in [0.25, 0.3) is 21.8 Å². The fraction of sp³-hybridized carbons (Fsp3) is 0.143. The number of aliphatic hydroxyl groups is 1. The third kappa shape index (κ3) is 1.95. The molecule has 1 atom stereocenters. The second-order valence-corrected chi connectivity index (χ2v) is 6.65. The largest absolute Gasteiger partial charge is 0.369 e. The van der Waals surface area contributed by atoms with Gasteiger partial charge < -0.3 is 14.6 Å². The lowest BCUT2D eigenvalue weighted by Gasteiger charge is -2.20. The van der Waals surface area contributed by atoms with Crippen LogP contribution in [0, 0.1) is 0 Å². The van der Waals surface area contributed by atoms with Gasteiger partial charge in [-0.25, -0.2) is 4.98 Å². The van der Waals surface area contributed by atoms with Crippen LogP contribution in [-0.4, -0.2) is 25.5 Å². The number of pyridine rings is 1. The van der Waals surface area contributed by atoms with Crippen LogP contribution in [0.1, 0.15) is 27.8 Å². The monoisotopic (exact) mass is 343 g/mol. The molecule has 0 fully saturated rings. The van der Waals surface area contributed by atoms with E-state index < -0.39 is 6.23 Å². The summed E-state index contributed by atoms with van der Waals surface area (Å²) < 4.78 is 2.05. The highest BCUT2D eigenvalue weighted by molar-refractivity contribution is 6.13. The van der Waals surface area contributed by atoms with Crippen molar-refractivity contribution in [1.82, 2.24) is 14.5 Å². The van der Waals surface area contributed by atoms with Gasteiger partial charge in [-0.15, -0.1) is 0 Å². The Hall–Kier alpha value is -3.18. The summed E-state index contributed by atoms with van der Waals surface area (Å²) in [6.45, 7) is 0.351. The van der Waals surface area contributed by atoms with Gasteiger partial charge in [0, 0.05) is 35.4 Å². The summed E-state index contributed by atoms with van der Waals surface area (Å²) in [5, 5.41) is 12.9. The van der Waals surface area contributed by atoms with E-state index in [2.05, 4.69) is 9.55 Å². The number of hydrogen-bond acceptors (Lipinski definition) is 3. The van der Waals surface area contributed by atoms with Crippen molar-refractivity contribution < 1.29 is 9.90 Å². The summed E-state index contributed by atoms with van der Waals surface area (Å²) in [7, 11) is 1.98. The molecule has 5 nitrogen and oxygen atoms in total. The van der Waals surface area contributed by atoms with Crippen LogP contribution in [0.2, 0.25) is 0 Å². The van der Waals surface area contributed by atoms with Crippen molar-refractivity contribution >= 4 is 27.7 Å².